The second-order valence-corrected chi connectivity index (χ2v) is 7.74. The minimum atomic E-state index is -0.223. The summed E-state index contributed by atoms with van der Waals surface area (Å²) < 4.78 is 0. The van der Waals surface area contributed by atoms with Crippen LogP contribution >= 0.6 is 0 Å². The average molecular weight is 345 g/mol. The van der Waals surface area contributed by atoms with Gasteiger partial charge in [0.15, 0.2) is 0 Å². The van der Waals surface area contributed by atoms with Gasteiger partial charge in [0, 0.05) is 19.7 Å². The van der Waals surface area contributed by atoms with E-state index >= 15 is 0 Å². The maximum Gasteiger partial charge on any atom is 0.123 e. The zero-order valence-corrected chi connectivity index (χ0v) is 16.2. The SMILES string of the molecule is C=NN(C1CC=C(O)C(C)N=C(C)N1CC1=CCCC=C1)C(C)(C)C. The Morgan fingerprint density at radius 2 is 2.08 bits per heavy atom. The molecule has 1 heterocycles. The zero-order valence-electron chi connectivity index (χ0n) is 16.2. The first-order valence-corrected chi connectivity index (χ1v) is 9.05. The van der Waals surface area contributed by atoms with Gasteiger partial charge >= 0.3 is 0 Å². The summed E-state index contributed by atoms with van der Waals surface area (Å²) in [6.45, 7) is 14.9. The van der Waals surface area contributed by atoms with E-state index in [4.69, 9.17) is 4.99 Å². The second-order valence-electron chi connectivity index (χ2n) is 7.74. The predicted molar refractivity (Wildman–Crippen MR) is 106 cm³/mol. The second kappa shape index (κ2) is 7.89. The van der Waals surface area contributed by atoms with Crippen LogP contribution in [0.2, 0.25) is 0 Å². The fourth-order valence-electron chi connectivity index (χ4n) is 3.35. The lowest BCUT2D eigenvalue weighted by Crippen LogP contribution is -2.55. The summed E-state index contributed by atoms with van der Waals surface area (Å²) in [6, 6.07) is -0.223. The van der Waals surface area contributed by atoms with Gasteiger partial charge in [-0.05, 0) is 59.1 Å². The first kappa shape index (κ1) is 19.3. The van der Waals surface area contributed by atoms with E-state index in [1.807, 2.05) is 24.9 Å². The smallest absolute Gasteiger partial charge is 0.123 e. The number of hydrogen-bond acceptors (Lipinski definition) is 5. The van der Waals surface area contributed by atoms with Crippen molar-refractivity contribution >= 4 is 12.6 Å². The van der Waals surface area contributed by atoms with E-state index in [0.29, 0.717) is 12.2 Å². The van der Waals surface area contributed by atoms with E-state index in [0.717, 1.165) is 25.2 Å². The van der Waals surface area contributed by atoms with E-state index in [9.17, 15) is 5.11 Å². The van der Waals surface area contributed by atoms with Crippen LogP contribution in [0.5, 0.6) is 0 Å². The third-order valence-electron chi connectivity index (χ3n) is 4.67. The summed E-state index contributed by atoms with van der Waals surface area (Å²) >= 11 is 0. The molecule has 2 atom stereocenters. The Kier molecular flexibility index (Phi) is 6.09. The maximum absolute atomic E-state index is 10.2. The van der Waals surface area contributed by atoms with Gasteiger partial charge in [0.1, 0.15) is 18.0 Å². The van der Waals surface area contributed by atoms with Gasteiger partial charge in [0.25, 0.3) is 0 Å². The summed E-state index contributed by atoms with van der Waals surface area (Å²) in [5.74, 6) is 1.23. The molecule has 138 valence electrons. The van der Waals surface area contributed by atoms with Crippen LogP contribution in [0.25, 0.3) is 0 Å². The van der Waals surface area contributed by atoms with Crippen LogP contribution in [-0.2, 0) is 0 Å². The van der Waals surface area contributed by atoms with Crippen molar-refractivity contribution in [3.05, 3.63) is 35.6 Å². The molecule has 1 aliphatic carbocycles. The van der Waals surface area contributed by atoms with Crippen LogP contribution in [0, 0.1) is 0 Å². The van der Waals surface area contributed by atoms with Crippen LogP contribution in [0.15, 0.2) is 45.7 Å². The third-order valence-corrected chi connectivity index (χ3v) is 4.67. The molecular weight excluding hydrogens is 312 g/mol. The van der Waals surface area contributed by atoms with E-state index < -0.39 is 0 Å². The molecule has 0 saturated carbocycles. The van der Waals surface area contributed by atoms with Crippen LogP contribution < -0.4 is 0 Å². The number of hydrazone groups is 1. The third kappa shape index (κ3) is 4.74. The number of aliphatic hydroxyl groups is 1. The lowest BCUT2D eigenvalue weighted by atomic mass is 10.0. The van der Waals surface area contributed by atoms with Gasteiger partial charge in [-0.2, -0.15) is 5.10 Å². The van der Waals surface area contributed by atoms with Crippen molar-refractivity contribution in [2.24, 2.45) is 10.1 Å². The van der Waals surface area contributed by atoms with E-state index in [1.165, 1.54) is 5.57 Å². The van der Waals surface area contributed by atoms with Crippen LogP contribution in [0.3, 0.4) is 0 Å². The van der Waals surface area contributed by atoms with Crippen molar-refractivity contribution in [2.45, 2.75) is 71.6 Å². The first-order valence-electron chi connectivity index (χ1n) is 9.05. The monoisotopic (exact) mass is 344 g/mol. The Morgan fingerprint density at radius 1 is 1.36 bits per heavy atom. The van der Waals surface area contributed by atoms with Crippen molar-refractivity contribution in [2.75, 3.05) is 6.54 Å². The molecule has 0 radical (unpaired) electrons. The highest BCUT2D eigenvalue weighted by Gasteiger charge is 2.33. The molecular formula is C20H32N4O. The van der Waals surface area contributed by atoms with E-state index in [2.05, 4.69) is 55.7 Å². The summed E-state index contributed by atoms with van der Waals surface area (Å²) in [6.07, 6.45) is 11.4. The van der Waals surface area contributed by atoms with Gasteiger partial charge in [0.2, 0.25) is 0 Å². The summed E-state index contributed by atoms with van der Waals surface area (Å²) in [5.41, 5.74) is 1.11. The van der Waals surface area contributed by atoms with E-state index in [1.54, 1.807) is 0 Å². The Balaban J connectivity index is 2.41. The molecule has 5 heteroatoms. The maximum atomic E-state index is 10.2. The Hall–Kier alpha value is -2.04. The molecule has 2 aliphatic rings. The topological polar surface area (TPSA) is 51.4 Å². The molecule has 0 fully saturated rings. The molecule has 1 aliphatic heterocycles. The van der Waals surface area contributed by atoms with Gasteiger partial charge in [-0.15, -0.1) is 0 Å². The van der Waals surface area contributed by atoms with Gasteiger partial charge in [-0.3, -0.25) is 10.0 Å². The summed E-state index contributed by atoms with van der Waals surface area (Å²) in [5, 5.41) is 16.6. The molecule has 25 heavy (non-hydrogen) atoms. The van der Waals surface area contributed by atoms with Gasteiger partial charge in [0.05, 0.1) is 11.4 Å². The molecule has 2 rings (SSSR count). The first-order chi connectivity index (χ1) is 11.7. The van der Waals surface area contributed by atoms with Crippen molar-refractivity contribution in [1.82, 2.24) is 9.91 Å². The Morgan fingerprint density at radius 3 is 2.64 bits per heavy atom. The zero-order chi connectivity index (χ0) is 18.6. The van der Waals surface area contributed by atoms with E-state index in [-0.39, 0.29) is 17.7 Å². The highest BCUT2D eigenvalue weighted by atomic mass is 16.3. The van der Waals surface area contributed by atoms with Gasteiger partial charge in [-0.1, -0.05) is 18.2 Å². The number of nitrogens with zero attached hydrogens (tertiary/aromatic N) is 4. The summed E-state index contributed by atoms with van der Waals surface area (Å²) in [4.78, 5) is 6.98. The number of rotatable bonds is 4. The highest BCUT2D eigenvalue weighted by Crippen LogP contribution is 2.26. The number of allylic oxidation sites excluding steroid dienone is 2. The van der Waals surface area contributed by atoms with Gasteiger partial charge in [-0.25, -0.2) is 0 Å². The number of hydrogen-bond donors (Lipinski definition) is 1. The van der Waals surface area contributed by atoms with Crippen LogP contribution in [0.1, 0.15) is 53.9 Å². The largest absolute Gasteiger partial charge is 0.510 e. The normalized spacial score (nSPS) is 24.7. The minimum Gasteiger partial charge on any atom is -0.510 e. The lowest BCUT2D eigenvalue weighted by Gasteiger charge is -2.45. The van der Waals surface area contributed by atoms with Gasteiger partial charge < -0.3 is 10.0 Å². The number of aliphatic imine (C=N–C) groups is 1. The fourth-order valence-corrected chi connectivity index (χ4v) is 3.35. The summed E-state index contributed by atoms with van der Waals surface area (Å²) in [7, 11) is 0. The van der Waals surface area contributed by atoms with Crippen molar-refractivity contribution in [3.8, 4) is 0 Å². The van der Waals surface area contributed by atoms with Crippen LogP contribution in [0.4, 0.5) is 0 Å². The predicted octanol–water partition coefficient (Wildman–Crippen LogP) is 4.26. The van der Waals surface area contributed by atoms with Crippen molar-refractivity contribution in [3.63, 3.8) is 0 Å². The molecule has 0 spiro atoms. The number of aliphatic hydroxyl groups excluding tert-OH is 1. The van der Waals surface area contributed by atoms with Crippen molar-refractivity contribution in [1.29, 1.82) is 0 Å². The molecule has 0 aromatic carbocycles. The highest BCUT2D eigenvalue weighted by molar-refractivity contribution is 5.81. The average Bonchev–Trinajstić information content (AvgIpc) is 2.55. The quantitative estimate of drug-likeness (QED) is 0.612. The molecule has 2 unspecified atom stereocenters. The molecule has 0 aromatic rings. The van der Waals surface area contributed by atoms with Crippen molar-refractivity contribution < 1.29 is 5.11 Å². The number of amidine groups is 1. The van der Waals surface area contributed by atoms with Crippen LogP contribution in [-0.4, -0.2) is 51.9 Å². The molecule has 0 amide bonds. The fraction of sp³-hybridized carbons (Fsp3) is 0.600. The Bertz CT molecular complexity index is 610. The standard InChI is InChI=1S/C20H32N4O/c1-15-18(25)12-13-19(24(21-6)20(3,4)5)23(16(2)22-15)14-17-10-8-7-9-11-17/h8,10-12,15,19,25H,6-7,9,13-14H2,1-5H3. The minimum absolute atomic E-state index is 0.0490. The lowest BCUT2D eigenvalue weighted by molar-refractivity contribution is 0.0221. The molecule has 5 nitrogen and oxygen atoms in total. The Labute approximate surface area is 152 Å². The molecule has 1 N–H and O–H groups in total. The molecule has 0 bridgehead atoms. The molecule has 0 saturated heterocycles. The molecule has 0 aromatic heterocycles.